The third-order valence-corrected chi connectivity index (χ3v) is 4.65. The van der Waals surface area contributed by atoms with Crippen molar-refractivity contribution >= 4 is 11.4 Å². The van der Waals surface area contributed by atoms with E-state index in [2.05, 4.69) is 15.1 Å². The molecule has 1 unspecified atom stereocenters. The van der Waals surface area contributed by atoms with Crippen LogP contribution in [0.15, 0.2) is 36.8 Å². The lowest BCUT2D eigenvalue weighted by molar-refractivity contribution is -0.141. The van der Waals surface area contributed by atoms with Gasteiger partial charge in [-0.05, 0) is 25.0 Å². The second kappa shape index (κ2) is 6.15. The summed E-state index contributed by atoms with van der Waals surface area (Å²) < 4.78 is 39.9. The summed E-state index contributed by atoms with van der Waals surface area (Å²) in [7, 11) is 0. The summed E-state index contributed by atoms with van der Waals surface area (Å²) in [4.78, 5) is 20.8. The Morgan fingerprint density at radius 1 is 1.27 bits per heavy atom. The van der Waals surface area contributed by atoms with Gasteiger partial charge >= 0.3 is 6.18 Å². The monoisotopic (exact) mass is 363 g/mol. The van der Waals surface area contributed by atoms with Gasteiger partial charge in [-0.3, -0.25) is 4.79 Å². The zero-order valence-corrected chi connectivity index (χ0v) is 13.7. The molecule has 1 aliphatic heterocycles. The molecule has 0 saturated carbocycles. The van der Waals surface area contributed by atoms with Crippen LogP contribution < -0.4 is 0 Å². The number of amides is 1. The molecule has 1 atom stereocenters. The van der Waals surface area contributed by atoms with Crippen molar-refractivity contribution in [3.8, 4) is 0 Å². The number of carbonyl (C=O) groups excluding carboxylic acids is 1. The molecule has 1 saturated heterocycles. The molecule has 0 aromatic carbocycles. The summed E-state index contributed by atoms with van der Waals surface area (Å²) in [6.45, 7) is 0.889. The topological polar surface area (TPSA) is 66.3 Å². The number of aromatic nitrogens is 4. The van der Waals surface area contributed by atoms with E-state index in [1.807, 2.05) is 18.2 Å². The molecule has 9 heteroatoms. The Balaban J connectivity index is 1.55. The molecule has 0 spiro atoms. The minimum Gasteiger partial charge on any atom is -0.338 e. The SMILES string of the molecule is O=C(c1cnn2ccccc12)N1CCCC(c2ncc(C(F)(F)F)[nH]2)C1. The first-order chi connectivity index (χ1) is 12.4. The average Bonchev–Trinajstić information content (AvgIpc) is 3.28. The lowest BCUT2D eigenvalue weighted by Gasteiger charge is -2.31. The van der Waals surface area contributed by atoms with E-state index in [1.165, 1.54) is 6.20 Å². The second-order valence-corrected chi connectivity index (χ2v) is 6.36. The Kier molecular flexibility index (Phi) is 3.93. The standard InChI is InChI=1S/C17H16F3N5O/c18-17(19,20)14-9-21-15(23-14)11-4-3-6-24(10-11)16(26)12-8-22-25-7-2-1-5-13(12)25/h1-2,5,7-9,11H,3-4,6,10H2,(H,21,23). The van der Waals surface area contributed by atoms with Crippen molar-refractivity contribution in [1.29, 1.82) is 0 Å². The summed E-state index contributed by atoms with van der Waals surface area (Å²) >= 11 is 0. The van der Waals surface area contributed by atoms with E-state index in [-0.39, 0.29) is 17.6 Å². The van der Waals surface area contributed by atoms with E-state index in [0.717, 1.165) is 6.20 Å². The number of pyridine rings is 1. The van der Waals surface area contributed by atoms with Gasteiger partial charge in [-0.2, -0.15) is 18.3 Å². The Labute approximate surface area is 146 Å². The van der Waals surface area contributed by atoms with Crippen molar-refractivity contribution in [1.82, 2.24) is 24.5 Å². The molecular formula is C17H16F3N5O. The molecule has 6 nitrogen and oxygen atoms in total. The number of nitrogens with zero attached hydrogens (tertiary/aromatic N) is 4. The number of hydrogen-bond donors (Lipinski definition) is 1. The van der Waals surface area contributed by atoms with Crippen LogP contribution in [0.25, 0.3) is 5.52 Å². The van der Waals surface area contributed by atoms with Gasteiger partial charge in [0.2, 0.25) is 0 Å². The van der Waals surface area contributed by atoms with E-state index >= 15 is 0 Å². The van der Waals surface area contributed by atoms with E-state index in [4.69, 9.17) is 0 Å². The lowest BCUT2D eigenvalue weighted by Crippen LogP contribution is -2.39. The number of hydrogen-bond acceptors (Lipinski definition) is 3. The van der Waals surface area contributed by atoms with E-state index in [0.29, 0.717) is 37.0 Å². The van der Waals surface area contributed by atoms with Gasteiger partial charge in [0.05, 0.1) is 23.5 Å². The fourth-order valence-electron chi connectivity index (χ4n) is 3.34. The zero-order chi connectivity index (χ0) is 18.3. The van der Waals surface area contributed by atoms with Gasteiger partial charge in [-0.15, -0.1) is 0 Å². The fourth-order valence-corrected chi connectivity index (χ4v) is 3.34. The fraction of sp³-hybridized carbons (Fsp3) is 0.353. The number of piperidine rings is 1. The predicted octanol–water partition coefficient (Wildman–Crippen LogP) is 3.10. The maximum Gasteiger partial charge on any atom is 0.432 e. The largest absolute Gasteiger partial charge is 0.432 e. The zero-order valence-electron chi connectivity index (χ0n) is 13.7. The Hall–Kier alpha value is -2.84. The smallest absolute Gasteiger partial charge is 0.338 e. The molecule has 4 rings (SSSR count). The van der Waals surface area contributed by atoms with Crippen LogP contribution in [0.2, 0.25) is 0 Å². The van der Waals surface area contributed by atoms with Gasteiger partial charge in [-0.25, -0.2) is 9.50 Å². The van der Waals surface area contributed by atoms with Crippen molar-refractivity contribution in [3.05, 3.63) is 53.9 Å². The van der Waals surface area contributed by atoms with Crippen molar-refractivity contribution in [2.75, 3.05) is 13.1 Å². The Morgan fingerprint density at radius 3 is 2.88 bits per heavy atom. The van der Waals surface area contributed by atoms with Gasteiger partial charge in [0.1, 0.15) is 11.5 Å². The van der Waals surface area contributed by atoms with E-state index < -0.39 is 11.9 Å². The summed E-state index contributed by atoms with van der Waals surface area (Å²) in [6.07, 6.45) is 1.03. The number of fused-ring (bicyclic) bond motifs is 1. The normalized spacial score (nSPS) is 18.4. The van der Waals surface area contributed by atoms with Crippen molar-refractivity contribution in [2.24, 2.45) is 0 Å². The van der Waals surface area contributed by atoms with Crippen molar-refractivity contribution in [2.45, 2.75) is 24.9 Å². The Morgan fingerprint density at radius 2 is 2.12 bits per heavy atom. The summed E-state index contributed by atoms with van der Waals surface area (Å²) in [5.74, 6) is -0.140. The maximum atomic E-state index is 12.9. The highest BCUT2D eigenvalue weighted by atomic mass is 19.4. The van der Waals surface area contributed by atoms with Crippen LogP contribution in [0, 0.1) is 0 Å². The molecule has 1 N–H and O–H groups in total. The molecule has 1 fully saturated rings. The quantitative estimate of drug-likeness (QED) is 0.761. The number of alkyl halides is 3. The van der Waals surface area contributed by atoms with Crippen LogP contribution in [-0.2, 0) is 6.18 Å². The minimum atomic E-state index is -4.45. The molecule has 136 valence electrons. The van der Waals surface area contributed by atoms with Crippen molar-refractivity contribution < 1.29 is 18.0 Å². The number of rotatable bonds is 2. The van der Waals surface area contributed by atoms with Gasteiger partial charge < -0.3 is 9.88 Å². The molecule has 3 aromatic heterocycles. The number of H-pyrrole nitrogens is 1. The summed E-state index contributed by atoms with van der Waals surface area (Å²) in [5, 5.41) is 4.17. The highest BCUT2D eigenvalue weighted by molar-refractivity contribution is 6.00. The molecule has 0 radical (unpaired) electrons. The molecule has 4 heterocycles. The molecule has 1 aliphatic rings. The van der Waals surface area contributed by atoms with Gasteiger partial charge in [-0.1, -0.05) is 6.07 Å². The molecular weight excluding hydrogens is 347 g/mol. The lowest BCUT2D eigenvalue weighted by atomic mass is 9.97. The van der Waals surface area contributed by atoms with Gasteiger partial charge in [0.25, 0.3) is 5.91 Å². The van der Waals surface area contributed by atoms with Crippen LogP contribution in [-0.4, -0.2) is 43.5 Å². The molecule has 26 heavy (non-hydrogen) atoms. The molecule has 1 amide bonds. The molecule has 0 bridgehead atoms. The first-order valence-electron chi connectivity index (χ1n) is 8.27. The number of likely N-dealkylation sites (tertiary alicyclic amines) is 1. The molecule has 3 aromatic rings. The highest BCUT2D eigenvalue weighted by Gasteiger charge is 2.35. The third kappa shape index (κ3) is 2.93. The summed E-state index contributed by atoms with van der Waals surface area (Å²) in [5.41, 5.74) is 0.331. The minimum absolute atomic E-state index is 0.168. The van der Waals surface area contributed by atoms with Crippen LogP contribution in [0.4, 0.5) is 13.2 Å². The number of aromatic amines is 1. The second-order valence-electron chi connectivity index (χ2n) is 6.36. The van der Waals surface area contributed by atoms with Crippen molar-refractivity contribution in [3.63, 3.8) is 0 Å². The van der Waals surface area contributed by atoms with Crippen LogP contribution in [0.1, 0.15) is 40.6 Å². The maximum absolute atomic E-state index is 12.9. The first kappa shape index (κ1) is 16.6. The number of halogens is 3. The number of nitrogens with one attached hydrogen (secondary N) is 1. The molecule has 0 aliphatic carbocycles. The summed E-state index contributed by atoms with van der Waals surface area (Å²) in [6, 6.07) is 5.46. The third-order valence-electron chi connectivity index (χ3n) is 4.65. The van der Waals surface area contributed by atoms with Crippen LogP contribution in [0.5, 0.6) is 0 Å². The van der Waals surface area contributed by atoms with Gasteiger partial charge in [0, 0.05) is 25.2 Å². The predicted molar refractivity (Wildman–Crippen MR) is 86.7 cm³/mol. The Bertz CT molecular complexity index is 945. The van der Waals surface area contributed by atoms with E-state index in [1.54, 1.807) is 15.6 Å². The highest BCUT2D eigenvalue weighted by Crippen LogP contribution is 2.31. The number of carbonyl (C=O) groups is 1. The van der Waals surface area contributed by atoms with Crippen LogP contribution >= 0.6 is 0 Å². The average molecular weight is 363 g/mol. The van der Waals surface area contributed by atoms with Crippen LogP contribution in [0.3, 0.4) is 0 Å². The number of imidazole rings is 1. The van der Waals surface area contributed by atoms with E-state index in [9.17, 15) is 18.0 Å². The van der Waals surface area contributed by atoms with Gasteiger partial charge in [0.15, 0.2) is 0 Å². The first-order valence-corrected chi connectivity index (χ1v) is 8.27.